The largest absolute Gasteiger partial charge is 0.487 e. The normalized spacial score (nSPS) is 15.8. The van der Waals surface area contributed by atoms with Gasteiger partial charge in [0, 0.05) is 17.9 Å². The van der Waals surface area contributed by atoms with Crippen molar-refractivity contribution in [2.75, 3.05) is 26.2 Å². The van der Waals surface area contributed by atoms with E-state index < -0.39 is 0 Å². The highest BCUT2D eigenvalue weighted by Gasteiger charge is 2.14. The lowest BCUT2D eigenvalue weighted by molar-refractivity contribution is -0.887. The second-order valence-corrected chi connectivity index (χ2v) is 5.24. The average Bonchev–Trinajstić information content (AvgIpc) is 2.85. The predicted octanol–water partition coefficient (Wildman–Crippen LogP) is 2.13. The van der Waals surface area contributed by atoms with Crippen molar-refractivity contribution in [3.05, 3.63) is 41.4 Å². The summed E-state index contributed by atoms with van der Waals surface area (Å²) in [6.07, 6.45) is 5.40. The molecule has 0 saturated carbocycles. The number of halogens is 1. The minimum atomic E-state index is 0.754. The third-order valence-electron chi connectivity index (χ3n) is 3.41. The van der Waals surface area contributed by atoms with Gasteiger partial charge in [-0.2, -0.15) is 0 Å². The SMILES string of the molecule is C=CCc1cc(Cl)ccc1OCC[NH+]1CCCC1. The van der Waals surface area contributed by atoms with Gasteiger partial charge in [-0.3, -0.25) is 0 Å². The zero-order chi connectivity index (χ0) is 12.8. The van der Waals surface area contributed by atoms with Crippen molar-refractivity contribution < 1.29 is 9.64 Å². The van der Waals surface area contributed by atoms with Crippen molar-refractivity contribution in [3.8, 4) is 5.75 Å². The Morgan fingerprint density at radius 1 is 1.33 bits per heavy atom. The number of allylic oxidation sites excluding steroid dienone is 1. The molecule has 2 nitrogen and oxygen atoms in total. The number of rotatable bonds is 6. The fourth-order valence-corrected chi connectivity index (χ4v) is 2.63. The molecule has 1 heterocycles. The molecule has 0 aromatic heterocycles. The molecule has 1 aromatic rings. The lowest BCUT2D eigenvalue weighted by Gasteiger charge is -2.14. The van der Waals surface area contributed by atoms with Crippen LogP contribution in [0.2, 0.25) is 5.02 Å². The molecule has 0 atom stereocenters. The third kappa shape index (κ3) is 3.76. The van der Waals surface area contributed by atoms with Crippen LogP contribution in [0.1, 0.15) is 18.4 Å². The van der Waals surface area contributed by atoms with E-state index in [1.54, 1.807) is 4.90 Å². The Balaban J connectivity index is 1.88. The van der Waals surface area contributed by atoms with Crippen molar-refractivity contribution >= 4 is 11.6 Å². The summed E-state index contributed by atoms with van der Waals surface area (Å²) < 4.78 is 5.88. The molecule has 1 N–H and O–H groups in total. The molecule has 1 aliphatic heterocycles. The van der Waals surface area contributed by atoms with Crippen molar-refractivity contribution in [2.24, 2.45) is 0 Å². The van der Waals surface area contributed by atoms with E-state index >= 15 is 0 Å². The van der Waals surface area contributed by atoms with Crippen LogP contribution in [0.15, 0.2) is 30.9 Å². The molecule has 0 unspecified atom stereocenters. The summed E-state index contributed by atoms with van der Waals surface area (Å²) in [7, 11) is 0. The number of hydrogen-bond acceptors (Lipinski definition) is 1. The van der Waals surface area contributed by atoms with E-state index in [1.165, 1.54) is 25.9 Å². The number of ether oxygens (including phenoxy) is 1. The fraction of sp³-hybridized carbons (Fsp3) is 0.467. The van der Waals surface area contributed by atoms with E-state index in [2.05, 4.69) is 6.58 Å². The Morgan fingerprint density at radius 3 is 2.83 bits per heavy atom. The molecule has 2 rings (SSSR count). The highest BCUT2D eigenvalue weighted by Crippen LogP contribution is 2.23. The van der Waals surface area contributed by atoms with Crippen LogP contribution in [0.4, 0.5) is 0 Å². The quantitative estimate of drug-likeness (QED) is 0.779. The van der Waals surface area contributed by atoms with Crippen LogP contribution in [-0.4, -0.2) is 26.2 Å². The van der Waals surface area contributed by atoms with Crippen LogP contribution >= 0.6 is 11.6 Å². The summed E-state index contributed by atoms with van der Waals surface area (Å²) in [5, 5.41) is 0.754. The minimum Gasteiger partial charge on any atom is -0.487 e. The summed E-state index contributed by atoms with van der Waals surface area (Å²) in [4.78, 5) is 1.66. The van der Waals surface area contributed by atoms with Gasteiger partial charge in [0.15, 0.2) is 0 Å². The summed E-state index contributed by atoms with van der Waals surface area (Å²) in [6.45, 7) is 8.23. The maximum Gasteiger partial charge on any atom is 0.137 e. The molecule has 3 heteroatoms. The summed E-state index contributed by atoms with van der Waals surface area (Å²) in [6, 6.07) is 5.80. The van der Waals surface area contributed by atoms with Crippen molar-refractivity contribution in [2.45, 2.75) is 19.3 Å². The molecule has 1 saturated heterocycles. The van der Waals surface area contributed by atoms with E-state index in [9.17, 15) is 0 Å². The predicted molar refractivity (Wildman–Crippen MR) is 75.6 cm³/mol. The van der Waals surface area contributed by atoms with Crippen molar-refractivity contribution in [1.29, 1.82) is 0 Å². The molecule has 1 aromatic carbocycles. The molecule has 1 fully saturated rings. The average molecular weight is 267 g/mol. The zero-order valence-electron chi connectivity index (χ0n) is 10.8. The number of benzene rings is 1. The first-order valence-electron chi connectivity index (χ1n) is 6.65. The molecule has 0 bridgehead atoms. The maximum atomic E-state index is 6.00. The van der Waals surface area contributed by atoms with Crippen LogP contribution in [0.25, 0.3) is 0 Å². The van der Waals surface area contributed by atoms with Gasteiger partial charge in [-0.05, 0) is 30.2 Å². The maximum absolute atomic E-state index is 6.00. The van der Waals surface area contributed by atoms with Crippen LogP contribution in [0, 0.1) is 0 Å². The van der Waals surface area contributed by atoms with Gasteiger partial charge in [-0.25, -0.2) is 0 Å². The Kier molecular flexibility index (Phi) is 5.09. The third-order valence-corrected chi connectivity index (χ3v) is 3.65. The van der Waals surface area contributed by atoms with Gasteiger partial charge in [-0.15, -0.1) is 6.58 Å². The topological polar surface area (TPSA) is 13.7 Å². The van der Waals surface area contributed by atoms with E-state index in [1.807, 2.05) is 24.3 Å². The minimum absolute atomic E-state index is 0.754. The Bertz CT molecular complexity index is 399. The number of likely N-dealkylation sites (tertiary alicyclic amines) is 1. The first-order valence-corrected chi connectivity index (χ1v) is 7.03. The van der Waals surface area contributed by atoms with Gasteiger partial charge < -0.3 is 9.64 Å². The Morgan fingerprint density at radius 2 is 2.11 bits per heavy atom. The highest BCUT2D eigenvalue weighted by atomic mass is 35.5. The zero-order valence-corrected chi connectivity index (χ0v) is 11.5. The highest BCUT2D eigenvalue weighted by molar-refractivity contribution is 6.30. The van der Waals surface area contributed by atoms with E-state index in [-0.39, 0.29) is 0 Å². The number of hydrogen-bond donors (Lipinski definition) is 1. The van der Waals surface area contributed by atoms with Crippen LogP contribution < -0.4 is 9.64 Å². The molecular weight excluding hydrogens is 246 g/mol. The molecule has 98 valence electrons. The van der Waals surface area contributed by atoms with Gasteiger partial charge in [0.25, 0.3) is 0 Å². The van der Waals surface area contributed by atoms with Crippen LogP contribution in [0.3, 0.4) is 0 Å². The molecule has 1 aliphatic rings. The lowest BCUT2D eigenvalue weighted by Crippen LogP contribution is -3.10. The lowest BCUT2D eigenvalue weighted by atomic mass is 10.1. The molecule has 0 aliphatic carbocycles. The van der Waals surface area contributed by atoms with Crippen molar-refractivity contribution in [1.82, 2.24) is 0 Å². The molecule has 18 heavy (non-hydrogen) atoms. The van der Waals surface area contributed by atoms with E-state index in [0.29, 0.717) is 0 Å². The number of nitrogens with one attached hydrogen (secondary N) is 1. The second-order valence-electron chi connectivity index (χ2n) is 4.80. The summed E-state index contributed by atoms with van der Waals surface area (Å²) >= 11 is 6.00. The molecule has 0 spiro atoms. The summed E-state index contributed by atoms with van der Waals surface area (Å²) in [5.41, 5.74) is 1.12. The Labute approximate surface area is 114 Å². The monoisotopic (exact) mass is 266 g/mol. The van der Waals surface area contributed by atoms with Gasteiger partial charge in [0.2, 0.25) is 0 Å². The Hall–Kier alpha value is -0.990. The van der Waals surface area contributed by atoms with Gasteiger partial charge in [0.05, 0.1) is 13.1 Å². The van der Waals surface area contributed by atoms with E-state index in [4.69, 9.17) is 16.3 Å². The standard InChI is InChI=1S/C15H20ClNO/c1-2-5-13-12-14(16)6-7-15(13)18-11-10-17-8-3-4-9-17/h2,6-7,12H,1,3-5,8-11H2/p+1. The first kappa shape index (κ1) is 13.4. The van der Waals surface area contributed by atoms with Gasteiger partial charge in [0.1, 0.15) is 18.9 Å². The van der Waals surface area contributed by atoms with Gasteiger partial charge >= 0.3 is 0 Å². The second kappa shape index (κ2) is 6.81. The van der Waals surface area contributed by atoms with Gasteiger partial charge in [-0.1, -0.05) is 17.7 Å². The summed E-state index contributed by atoms with van der Waals surface area (Å²) in [5.74, 6) is 0.942. The van der Waals surface area contributed by atoms with Crippen LogP contribution in [0.5, 0.6) is 5.75 Å². The number of quaternary nitrogens is 1. The van der Waals surface area contributed by atoms with E-state index in [0.717, 1.165) is 35.9 Å². The van der Waals surface area contributed by atoms with Crippen molar-refractivity contribution in [3.63, 3.8) is 0 Å². The molecular formula is C15H21ClNO+. The smallest absolute Gasteiger partial charge is 0.137 e. The fourth-order valence-electron chi connectivity index (χ4n) is 2.43. The molecule has 0 amide bonds. The van der Waals surface area contributed by atoms with Crippen LogP contribution in [-0.2, 0) is 6.42 Å². The molecule has 0 radical (unpaired) electrons. The first-order chi connectivity index (χ1) is 8.79.